The lowest BCUT2D eigenvalue weighted by Crippen LogP contribution is -2.26. The van der Waals surface area contributed by atoms with Crippen LogP contribution in [0.2, 0.25) is 0 Å². The van der Waals surface area contributed by atoms with Gasteiger partial charge in [0.15, 0.2) is 5.78 Å². The Bertz CT molecular complexity index is 599. The van der Waals surface area contributed by atoms with Crippen molar-refractivity contribution in [3.63, 3.8) is 0 Å². The van der Waals surface area contributed by atoms with Crippen LogP contribution in [0.1, 0.15) is 21.5 Å². The molecule has 0 atom stereocenters. The molecule has 0 aliphatic heterocycles. The maximum absolute atomic E-state index is 12.2. The Morgan fingerprint density at radius 2 is 2.00 bits per heavy atom. The molecular weight excluding hydrogens is 236 g/mol. The fraction of sp³-hybridized carbons (Fsp3) is 0.312. The van der Waals surface area contributed by atoms with Crippen molar-refractivity contribution in [1.82, 2.24) is 4.57 Å². The monoisotopic (exact) mass is 256 g/mol. The van der Waals surface area contributed by atoms with E-state index in [-0.39, 0.29) is 5.78 Å². The Morgan fingerprint density at radius 3 is 2.58 bits per heavy atom. The second-order valence-corrected chi connectivity index (χ2v) is 5.13. The van der Waals surface area contributed by atoms with Crippen molar-refractivity contribution < 1.29 is 4.79 Å². The van der Waals surface area contributed by atoms with Gasteiger partial charge in [-0.25, -0.2) is 0 Å². The van der Waals surface area contributed by atoms with Gasteiger partial charge >= 0.3 is 0 Å². The van der Waals surface area contributed by atoms with Gasteiger partial charge in [-0.15, -0.1) is 0 Å². The van der Waals surface area contributed by atoms with Gasteiger partial charge in [0.2, 0.25) is 0 Å². The fourth-order valence-corrected chi connectivity index (χ4v) is 2.29. The number of anilines is 1. The van der Waals surface area contributed by atoms with E-state index < -0.39 is 0 Å². The first-order chi connectivity index (χ1) is 8.97. The minimum absolute atomic E-state index is 0.142. The minimum atomic E-state index is 0.142. The lowest BCUT2D eigenvalue weighted by molar-refractivity contribution is 0.100. The molecule has 0 unspecified atom stereocenters. The zero-order valence-corrected chi connectivity index (χ0v) is 12.0. The number of hydrogen-bond acceptors (Lipinski definition) is 2. The highest BCUT2D eigenvalue weighted by atomic mass is 16.1. The summed E-state index contributed by atoms with van der Waals surface area (Å²) in [5.41, 5.74) is 4.31. The van der Waals surface area contributed by atoms with Crippen molar-refractivity contribution in [3.8, 4) is 0 Å². The van der Waals surface area contributed by atoms with Gasteiger partial charge in [-0.05, 0) is 31.5 Å². The molecule has 0 saturated carbocycles. The van der Waals surface area contributed by atoms with Crippen molar-refractivity contribution in [3.05, 3.63) is 53.3 Å². The number of Topliss-reactive ketones (excluding diaryl/α,β-unsaturated/α-hetero) is 1. The molecule has 0 aliphatic rings. The number of carbonyl (C=O) groups excluding carboxylic acids is 1. The Morgan fingerprint density at radius 1 is 1.26 bits per heavy atom. The normalized spacial score (nSPS) is 10.5. The minimum Gasteiger partial charge on any atom is -0.367 e. The van der Waals surface area contributed by atoms with E-state index in [0.29, 0.717) is 6.54 Å². The van der Waals surface area contributed by atoms with Gasteiger partial charge in [-0.3, -0.25) is 4.79 Å². The zero-order valence-electron chi connectivity index (χ0n) is 12.0. The van der Waals surface area contributed by atoms with E-state index in [4.69, 9.17) is 0 Å². The summed E-state index contributed by atoms with van der Waals surface area (Å²) in [5, 5.41) is 0. The van der Waals surface area contributed by atoms with Crippen LogP contribution >= 0.6 is 0 Å². The molecule has 1 aromatic carbocycles. The van der Waals surface area contributed by atoms with Gasteiger partial charge in [-0.1, -0.05) is 17.7 Å². The number of carbonyl (C=O) groups is 1. The molecule has 0 bridgehead atoms. The van der Waals surface area contributed by atoms with E-state index >= 15 is 0 Å². The molecule has 0 fully saturated rings. The highest BCUT2D eigenvalue weighted by Crippen LogP contribution is 2.20. The summed E-state index contributed by atoms with van der Waals surface area (Å²) in [4.78, 5) is 14.2. The Labute approximate surface area is 114 Å². The van der Waals surface area contributed by atoms with Crippen LogP contribution in [-0.4, -0.2) is 23.9 Å². The van der Waals surface area contributed by atoms with E-state index in [9.17, 15) is 4.79 Å². The van der Waals surface area contributed by atoms with Gasteiger partial charge in [0.1, 0.15) is 0 Å². The average Bonchev–Trinajstić information content (AvgIpc) is 2.75. The topological polar surface area (TPSA) is 25.2 Å². The van der Waals surface area contributed by atoms with Crippen molar-refractivity contribution >= 4 is 11.5 Å². The van der Waals surface area contributed by atoms with Crippen molar-refractivity contribution in [2.45, 2.75) is 13.8 Å². The van der Waals surface area contributed by atoms with Gasteiger partial charge in [0.25, 0.3) is 0 Å². The quantitative estimate of drug-likeness (QED) is 0.786. The summed E-state index contributed by atoms with van der Waals surface area (Å²) < 4.78 is 1.89. The average molecular weight is 256 g/mol. The molecule has 0 saturated heterocycles. The molecule has 0 aliphatic carbocycles. The number of aryl methyl sites for hydroxylation is 3. The zero-order chi connectivity index (χ0) is 14.0. The van der Waals surface area contributed by atoms with Crippen molar-refractivity contribution in [1.29, 1.82) is 0 Å². The SMILES string of the molecule is Cc1ccc(N(C)CC(=O)c2ccn(C)c2)c(C)c1. The standard InChI is InChI=1S/C16H20N2O/c1-12-5-6-15(13(2)9-12)18(4)11-16(19)14-7-8-17(3)10-14/h5-10H,11H2,1-4H3. The van der Waals surface area contributed by atoms with Crippen molar-refractivity contribution in [2.24, 2.45) is 7.05 Å². The molecule has 0 radical (unpaired) electrons. The third-order valence-corrected chi connectivity index (χ3v) is 3.30. The van der Waals surface area contributed by atoms with Crippen LogP contribution in [-0.2, 0) is 7.05 Å². The van der Waals surface area contributed by atoms with Gasteiger partial charge < -0.3 is 9.47 Å². The number of ketones is 1. The number of rotatable bonds is 4. The molecule has 0 amide bonds. The first-order valence-electron chi connectivity index (χ1n) is 6.41. The number of aromatic nitrogens is 1. The molecule has 1 aromatic heterocycles. The summed E-state index contributed by atoms with van der Waals surface area (Å²) >= 11 is 0. The highest BCUT2D eigenvalue weighted by molar-refractivity contribution is 5.99. The van der Waals surface area contributed by atoms with Crippen LogP contribution in [0.25, 0.3) is 0 Å². The van der Waals surface area contributed by atoms with Crippen molar-refractivity contribution in [2.75, 3.05) is 18.5 Å². The molecule has 19 heavy (non-hydrogen) atoms. The van der Waals surface area contributed by atoms with Gasteiger partial charge in [0.05, 0.1) is 6.54 Å². The molecule has 0 N–H and O–H groups in total. The predicted molar refractivity (Wildman–Crippen MR) is 78.9 cm³/mol. The number of hydrogen-bond donors (Lipinski definition) is 0. The molecule has 3 nitrogen and oxygen atoms in total. The summed E-state index contributed by atoms with van der Waals surface area (Å²) in [5.74, 6) is 0.142. The van der Waals surface area contributed by atoms with E-state index in [1.54, 1.807) is 0 Å². The maximum atomic E-state index is 12.2. The first kappa shape index (κ1) is 13.4. The fourth-order valence-electron chi connectivity index (χ4n) is 2.29. The smallest absolute Gasteiger partial charge is 0.183 e. The number of nitrogens with zero attached hydrogens (tertiary/aromatic N) is 2. The Hall–Kier alpha value is -2.03. The second kappa shape index (κ2) is 5.31. The molecule has 100 valence electrons. The third-order valence-electron chi connectivity index (χ3n) is 3.30. The lowest BCUT2D eigenvalue weighted by Gasteiger charge is -2.20. The maximum Gasteiger partial charge on any atom is 0.183 e. The summed E-state index contributed by atoms with van der Waals surface area (Å²) in [6.07, 6.45) is 3.75. The van der Waals surface area contributed by atoms with E-state index in [0.717, 1.165) is 11.3 Å². The number of benzene rings is 1. The van der Waals surface area contributed by atoms with Gasteiger partial charge in [-0.2, -0.15) is 0 Å². The molecule has 3 heteroatoms. The summed E-state index contributed by atoms with van der Waals surface area (Å²) in [7, 11) is 3.88. The Balaban J connectivity index is 2.12. The lowest BCUT2D eigenvalue weighted by atomic mass is 10.1. The molecule has 0 spiro atoms. The predicted octanol–water partition coefficient (Wildman–Crippen LogP) is 2.96. The van der Waals surface area contributed by atoms with Crippen LogP contribution in [0.15, 0.2) is 36.7 Å². The van der Waals surface area contributed by atoms with Crippen LogP contribution in [0.4, 0.5) is 5.69 Å². The van der Waals surface area contributed by atoms with Crippen LogP contribution in [0.3, 0.4) is 0 Å². The van der Waals surface area contributed by atoms with Gasteiger partial charge in [0, 0.05) is 37.7 Å². The summed E-state index contributed by atoms with van der Waals surface area (Å²) in [6, 6.07) is 8.14. The summed E-state index contributed by atoms with van der Waals surface area (Å²) in [6.45, 7) is 4.55. The first-order valence-corrected chi connectivity index (χ1v) is 6.41. The van der Waals surface area contributed by atoms with E-state index in [1.165, 1.54) is 11.1 Å². The Kier molecular flexibility index (Phi) is 3.74. The van der Waals surface area contributed by atoms with Crippen LogP contribution in [0.5, 0.6) is 0 Å². The largest absolute Gasteiger partial charge is 0.367 e. The van der Waals surface area contributed by atoms with Crippen LogP contribution in [0, 0.1) is 13.8 Å². The molecule has 2 rings (SSSR count). The molecule has 2 aromatic rings. The van der Waals surface area contributed by atoms with E-state index in [2.05, 4.69) is 32.0 Å². The van der Waals surface area contributed by atoms with Crippen LogP contribution < -0.4 is 4.90 Å². The molecule has 1 heterocycles. The third kappa shape index (κ3) is 3.05. The number of likely N-dealkylation sites (N-methyl/N-ethyl adjacent to an activating group) is 1. The van der Waals surface area contributed by atoms with E-state index in [1.807, 2.05) is 42.0 Å². The second-order valence-electron chi connectivity index (χ2n) is 5.13. The highest BCUT2D eigenvalue weighted by Gasteiger charge is 2.12. The molecular formula is C16H20N2O.